The van der Waals surface area contributed by atoms with Crippen LogP contribution in [0.1, 0.15) is 22.3 Å². The molecule has 2 heterocycles. The van der Waals surface area contributed by atoms with Crippen LogP contribution in [0.3, 0.4) is 0 Å². The third-order valence-electron chi connectivity index (χ3n) is 3.12. The molecule has 2 aromatic rings. The molecule has 3 heteroatoms. The molecule has 0 saturated heterocycles. The molecule has 0 spiro atoms. The van der Waals surface area contributed by atoms with E-state index in [1.54, 1.807) is 11.3 Å². The Bertz CT molecular complexity index is 533. The minimum absolute atomic E-state index is 0.124. The van der Waals surface area contributed by atoms with Gasteiger partial charge in [0.25, 0.3) is 5.91 Å². The summed E-state index contributed by atoms with van der Waals surface area (Å²) in [5.74, 6) is 0.124. The Hall–Kier alpha value is -1.61. The number of fused-ring (bicyclic) bond motifs is 1. The van der Waals surface area contributed by atoms with Crippen molar-refractivity contribution in [2.45, 2.75) is 12.8 Å². The molecule has 1 aromatic heterocycles. The normalized spacial score (nSPS) is 14.5. The van der Waals surface area contributed by atoms with E-state index in [-0.39, 0.29) is 5.91 Å². The molecule has 2 nitrogen and oxygen atoms in total. The van der Waals surface area contributed by atoms with Gasteiger partial charge < -0.3 is 4.90 Å². The number of hydrogen-bond donors (Lipinski definition) is 0. The molecule has 0 fully saturated rings. The van der Waals surface area contributed by atoms with Crippen LogP contribution >= 0.6 is 11.3 Å². The predicted octanol–water partition coefficient (Wildman–Crippen LogP) is 3.34. The molecular weight excluding hydrogens is 230 g/mol. The summed E-state index contributed by atoms with van der Waals surface area (Å²) in [4.78, 5) is 14.3. The topological polar surface area (TPSA) is 20.3 Å². The first kappa shape index (κ1) is 10.5. The Labute approximate surface area is 105 Å². The Kier molecular flexibility index (Phi) is 2.69. The lowest BCUT2D eigenvalue weighted by molar-refractivity contribution is 0.0985. The maximum Gasteiger partial charge on any atom is 0.259 e. The number of nitrogens with zero attached hydrogens (tertiary/aromatic N) is 1. The number of amides is 1. The average Bonchev–Trinajstić information content (AvgIpc) is 2.91. The second kappa shape index (κ2) is 4.34. The molecule has 1 aliphatic rings. The van der Waals surface area contributed by atoms with Crippen molar-refractivity contribution in [2.75, 3.05) is 11.4 Å². The van der Waals surface area contributed by atoms with Gasteiger partial charge in [-0.3, -0.25) is 4.79 Å². The van der Waals surface area contributed by atoms with Gasteiger partial charge in [0.2, 0.25) is 0 Å². The summed E-state index contributed by atoms with van der Waals surface area (Å²) in [6, 6.07) is 10.1. The van der Waals surface area contributed by atoms with E-state index >= 15 is 0 Å². The maximum absolute atomic E-state index is 12.4. The quantitative estimate of drug-likeness (QED) is 0.752. The highest BCUT2D eigenvalue weighted by Crippen LogP contribution is 2.28. The van der Waals surface area contributed by atoms with Gasteiger partial charge in [-0.2, -0.15) is 11.3 Å². The average molecular weight is 243 g/mol. The maximum atomic E-state index is 12.4. The molecule has 17 heavy (non-hydrogen) atoms. The fourth-order valence-corrected chi connectivity index (χ4v) is 2.92. The highest BCUT2D eigenvalue weighted by atomic mass is 32.1. The van der Waals surface area contributed by atoms with Crippen molar-refractivity contribution in [3.05, 3.63) is 52.2 Å². The fraction of sp³-hybridized carbons (Fsp3) is 0.214. The SMILES string of the molecule is O=C(c1ccsc1)N1CCCc2ccccc21. The number of benzene rings is 1. The van der Waals surface area contributed by atoms with Gasteiger partial charge in [-0.25, -0.2) is 0 Å². The highest BCUT2D eigenvalue weighted by Gasteiger charge is 2.23. The zero-order valence-corrected chi connectivity index (χ0v) is 10.2. The lowest BCUT2D eigenvalue weighted by Gasteiger charge is -2.29. The fourth-order valence-electron chi connectivity index (χ4n) is 2.29. The van der Waals surface area contributed by atoms with Crippen LogP contribution in [0.25, 0.3) is 0 Å². The summed E-state index contributed by atoms with van der Waals surface area (Å²) in [6.45, 7) is 0.825. The summed E-state index contributed by atoms with van der Waals surface area (Å²) in [5, 5.41) is 3.86. The van der Waals surface area contributed by atoms with Gasteiger partial charge in [0, 0.05) is 17.6 Å². The van der Waals surface area contributed by atoms with Crippen LogP contribution in [0.5, 0.6) is 0 Å². The van der Waals surface area contributed by atoms with Crippen LogP contribution in [-0.4, -0.2) is 12.5 Å². The van der Waals surface area contributed by atoms with Crippen LogP contribution in [0, 0.1) is 0 Å². The molecule has 1 aliphatic heterocycles. The monoisotopic (exact) mass is 243 g/mol. The van der Waals surface area contributed by atoms with Crippen molar-refractivity contribution in [1.29, 1.82) is 0 Å². The van der Waals surface area contributed by atoms with Crippen LogP contribution in [0.15, 0.2) is 41.1 Å². The number of hydrogen-bond acceptors (Lipinski definition) is 2. The summed E-state index contributed by atoms with van der Waals surface area (Å²) in [5.41, 5.74) is 3.16. The van der Waals surface area contributed by atoms with Crippen molar-refractivity contribution in [3.63, 3.8) is 0 Å². The number of aryl methyl sites for hydroxylation is 1. The molecule has 0 radical (unpaired) electrons. The molecule has 0 N–H and O–H groups in total. The van der Waals surface area contributed by atoms with E-state index in [1.165, 1.54) is 5.56 Å². The highest BCUT2D eigenvalue weighted by molar-refractivity contribution is 7.08. The van der Waals surface area contributed by atoms with Gasteiger partial charge >= 0.3 is 0 Å². The first-order valence-corrected chi connectivity index (χ1v) is 6.72. The van der Waals surface area contributed by atoms with E-state index in [2.05, 4.69) is 6.07 Å². The van der Waals surface area contributed by atoms with Gasteiger partial charge in [0.15, 0.2) is 0 Å². The van der Waals surface area contributed by atoms with E-state index in [0.29, 0.717) is 0 Å². The first-order valence-electron chi connectivity index (χ1n) is 5.78. The minimum atomic E-state index is 0.124. The van der Waals surface area contributed by atoms with Gasteiger partial charge in [-0.05, 0) is 35.9 Å². The number of para-hydroxylation sites is 1. The number of carbonyl (C=O) groups is 1. The van der Waals surface area contributed by atoms with Crippen LogP contribution in [0.4, 0.5) is 5.69 Å². The van der Waals surface area contributed by atoms with E-state index in [1.807, 2.05) is 39.9 Å². The zero-order chi connectivity index (χ0) is 11.7. The number of anilines is 1. The molecule has 1 aromatic carbocycles. The lowest BCUT2D eigenvalue weighted by atomic mass is 10.0. The van der Waals surface area contributed by atoms with E-state index in [9.17, 15) is 4.79 Å². The summed E-state index contributed by atoms with van der Waals surface area (Å²) in [6.07, 6.45) is 2.12. The number of carbonyl (C=O) groups excluding carboxylic acids is 1. The van der Waals surface area contributed by atoms with Crippen molar-refractivity contribution >= 4 is 22.9 Å². The van der Waals surface area contributed by atoms with Crippen molar-refractivity contribution in [3.8, 4) is 0 Å². The molecule has 3 rings (SSSR count). The molecule has 0 aliphatic carbocycles. The molecule has 0 bridgehead atoms. The minimum Gasteiger partial charge on any atom is -0.308 e. The molecular formula is C14H13NOS. The van der Waals surface area contributed by atoms with Crippen LogP contribution in [-0.2, 0) is 6.42 Å². The first-order chi connectivity index (χ1) is 8.36. The Morgan fingerprint density at radius 2 is 2.12 bits per heavy atom. The van der Waals surface area contributed by atoms with Gasteiger partial charge in [-0.1, -0.05) is 18.2 Å². The molecule has 1 amide bonds. The third-order valence-corrected chi connectivity index (χ3v) is 3.81. The third kappa shape index (κ3) is 1.87. The smallest absolute Gasteiger partial charge is 0.259 e. The van der Waals surface area contributed by atoms with Crippen molar-refractivity contribution in [1.82, 2.24) is 0 Å². The largest absolute Gasteiger partial charge is 0.308 e. The van der Waals surface area contributed by atoms with Crippen LogP contribution < -0.4 is 4.90 Å². The van der Waals surface area contributed by atoms with E-state index in [4.69, 9.17) is 0 Å². The zero-order valence-electron chi connectivity index (χ0n) is 9.43. The molecule has 0 atom stereocenters. The standard InChI is InChI=1S/C14H13NOS/c16-14(12-7-9-17-10-12)15-8-3-5-11-4-1-2-6-13(11)15/h1-2,4,6-7,9-10H,3,5,8H2. The van der Waals surface area contributed by atoms with Gasteiger partial charge in [-0.15, -0.1) is 0 Å². The second-order valence-corrected chi connectivity index (χ2v) is 4.98. The molecule has 0 unspecified atom stereocenters. The molecule has 86 valence electrons. The van der Waals surface area contributed by atoms with Crippen molar-refractivity contribution < 1.29 is 4.79 Å². The summed E-state index contributed by atoms with van der Waals surface area (Å²) in [7, 11) is 0. The van der Waals surface area contributed by atoms with Crippen molar-refractivity contribution in [2.24, 2.45) is 0 Å². The summed E-state index contributed by atoms with van der Waals surface area (Å²) >= 11 is 1.57. The predicted molar refractivity (Wildman–Crippen MR) is 70.8 cm³/mol. The number of thiophene rings is 1. The van der Waals surface area contributed by atoms with Crippen LogP contribution in [0.2, 0.25) is 0 Å². The van der Waals surface area contributed by atoms with E-state index in [0.717, 1.165) is 30.6 Å². The Morgan fingerprint density at radius 1 is 1.24 bits per heavy atom. The Morgan fingerprint density at radius 3 is 2.94 bits per heavy atom. The lowest BCUT2D eigenvalue weighted by Crippen LogP contribution is -2.35. The van der Waals surface area contributed by atoms with E-state index < -0.39 is 0 Å². The van der Waals surface area contributed by atoms with Gasteiger partial charge in [0.1, 0.15) is 0 Å². The van der Waals surface area contributed by atoms with Gasteiger partial charge in [0.05, 0.1) is 5.56 Å². The second-order valence-electron chi connectivity index (χ2n) is 4.20. The molecule has 0 saturated carbocycles. The Balaban J connectivity index is 1.98. The number of rotatable bonds is 1. The summed E-state index contributed by atoms with van der Waals surface area (Å²) < 4.78 is 0.